The highest BCUT2D eigenvalue weighted by atomic mass is 32.2. The van der Waals surface area contributed by atoms with E-state index >= 15 is 0 Å². The SMILES string of the molecule is CCC1CC(=O)C(c2ccc(F)cc2)S1. The molecule has 1 aliphatic rings. The van der Waals surface area contributed by atoms with Gasteiger partial charge >= 0.3 is 0 Å². The van der Waals surface area contributed by atoms with E-state index in [0.29, 0.717) is 11.7 Å². The highest BCUT2D eigenvalue weighted by molar-refractivity contribution is 8.01. The first-order valence-corrected chi connectivity index (χ1v) is 6.08. The van der Waals surface area contributed by atoms with Gasteiger partial charge in [-0.15, -0.1) is 11.8 Å². The molecule has 0 N–H and O–H groups in total. The van der Waals surface area contributed by atoms with Gasteiger partial charge in [0.05, 0.1) is 5.25 Å². The Morgan fingerprint density at radius 3 is 2.60 bits per heavy atom. The standard InChI is InChI=1S/C12H13FOS/c1-2-10-7-11(14)12(15-10)8-3-5-9(13)6-4-8/h3-6,10,12H,2,7H2,1H3. The van der Waals surface area contributed by atoms with E-state index in [1.165, 1.54) is 12.1 Å². The molecule has 1 fully saturated rings. The Hall–Kier alpha value is -0.830. The predicted octanol–water partition coefficient (Wildman–Crippen LogP) is 3.35. The van der Waals surface area contributed by atoms with Gasteiger partial charge in [-0.1, -0.05) is 19.1 Å². The first-order chi connectivity index (χ1) is 7.20. The van der Waals surface area contributed by atoms with Crippen LogP contribution in [-0.2, 0) is 4.79 Å². The zero-order valence-electron chi connectivity index (χ0n) is 8.57. The second kappa shape index (κ2) is 4.35. The van der Waals surface area contributed by atoms with Gasteiger partial charge < -0.3 is 0 Å². The number of hydrogen-bond acceptors (Lipinski definition) is 2. The van der Waals surface area contributed by atoms with Crippen molar-refractivity contribution in [2.24, 2.45) is 0 Å². The van der Waals surface area contributed by atoms with Crippen molar-refractivity contribution in [2.45, 2.75) is 30.3 Å². The van der Waals surface area contributed by atoms with Crippen molar-refractivity contribution in [1.82, 2.24) is 0 Å². The summed E-state index contributed by atoms with van der Waals surface area (Å²) in [4.78, 5) is 11.7. The molecule has 3 heteroatoms. The van der Waals surface area contributed by atoms with Gasteiger partial charge in [-0.3, -0.25) is 4.79 Å². The average molecular weight is 224 g/mol. The quantitative estimate of drug-likeness (QED) is 0.766. The topological polar surface area (TPSA) is 17.1 Å². The van der Waals surface area contributed by atoms with Crippen LogP contribution in [0.15, 0.2) is 24.3 Å². The van der Waals surface area contributed by atoms with Crippen LogP contribution < -0.4 is 0 Å². The van der Waals surface area contributed by atoms with Gasteiger partial charge in [0, 0.05) is 11.7 Å². The van der Waals surface area contributed by atoms with E-state index in [-0.39, 0.29) is 16.9 Å². The van der Waals surface area contributed by atoms with Crippen molar-refractivity contribution >= 4 is 17.5 Å². The number of carbonyl (C=O) groups excluding carboxylic acids is 1. The molecule has 1 saturated heterocycles. The Morgan fingerprint density at radius 1 is 1.40 bits per heavy atom. The number of rotatable bonds is 2. The molecule has 1 heterocycles. The minimum absolute atomic E-state index is 0.0736. The molecule has 0 radical (unpaired) electrons. The Kier molecular flexibility index (Phi) is 3.10. The fourth-order valence-electron chi connectivity index (χ4n) is 1.79. The second-order valence-electron chi connectivity index (χ2n) is 3.77. The molecular weight excluding hydrogens is 211 g/mol. The van der Waals surface area contributed by atoms with E-state index in [4.69, 9.17) is 0 Å². The molecule has 1 aliphatic heterocycles. The van der Waals surface area contributed by atoms with Crippen LogP contribution in [0.2, 0.25) is 0 Å². The van der Waals surface area contributed by atoms with Crippen LogP contribution in [0.1, 0.15) is 30.6 Å². The Bertz CT molecular complexity index is 360. The molecule has 2 unspecified atom stereocenters. The van der Waals surface area contributed by atoms with Gasteiger partial charge in [0.1, 0.15) is 5.82 Å². The van der Waals surface area contributed by atoms with Crippen LogP contribution in [0.4, 0.5) is 4.39 Å². The lowest BCUT2D eigenvalue weighted by Crippen LogP contribution is -2.02. The Balaban J connectivity index is 2.18. The number of benzene rings is 1. The summed E-state index contributed by atoms with van der Waals surface area (Å²) in [5.41, 5.74) is 0.933. The van der Waals surface area contributed by atoms with Crippen molar-refractivity contribution in [2.75, 3.05) is 0 Å². The molecular formula is C12H13FOS. The van der Waals surface area contributed by atoms with Gasteiger partial charge in [-0.2, -0.15) is 0 Å². The lowest BCUT2D eigenvalue weighted by molar-refractivity contribution is -0.118. The first-order valence-electron chi connectivity index (χ1n) is 5.14. The molecule has 0 amide bonds. The smallest absolute Gasteiger partial charge is 0.151 e. The molecule has 0 spiro atoms. The molecule has 0 aromatic heterocycles. The van der Waals surface area contributed by atoms with E-state index in [2.05, 4.69) is 6.92 Å². The van der Waals surface area contributed by atoms with Crippen LogP contribution in [0.25, 0.3) is 0 Å². The lowest BCUT2D eigenvalue weighted by atomic mass is 10.1. The third-order valence-corrected chi connectivity index (χ3v) is 4.37. The largest absolute Gasteiger partial charge is 0.298 e. The van der Waals surface area contributed by atoms with Crippen LogP contribution in [-0.4, -0.2) is 11.0 Å². The summed E-state index contributed by atoms with van der Waals surface area (Å²) in [7, 11) is 0. The van der Waals surface area contributed by atoms with Gasteiger partial charge in [-0.05, 0) is 24.1 Å². The molecule has 1 aromatic rings. The zero-order valence-corrected chi connectivity index (χ0v) is 9.39. The maximum Gasteiger partial charge on any atom is 0.151 e. The van der Waals surface area contributed by atoms with E-state index in [0.717, 1.165) is 12.0 Å². The van der Waals surface area contributed by atoms with Crippen molar-refractivity contribution in [3.8, 4) is 0 Å². The van der Waals surface area contributed by atoms with E-state index in [1.54, 1.807) is 23.9 Å². The molecule has 0 saturated carbocycles. The minimum Gasteiger partial charge on any atom is -0.298 e. The summed E-state index contributed by atoms with van der Waals surface area (Å²) < 4.78 is 12.7. The van der Waals surface area contributed by atoms with Gasteiger partial charge in [0.15, 0.2) is 5.78 Å². The number of ketones is 1. The summed E-state index contributed by atoms with van der Waals surface area (Å²) in [5.74, 6) is 0.0275. The third-order valence-electron chi connectivity index (χ3n) is 2.68. The van der Waals surface area contributed by atoms with Gasteiger partial charge in [0.2, 0.25) is 0 Å². The van der Waals surface area contributed by atoms with E-state index in [9.17, 15) is 9.18 Å². The highest BCUT2D eigenvalue weighted by Crippen LogP contribution is 2.43. The lowest BCUT2D eigenvalue weighted by Gasteiger charge is -2.08. The Morgan fingerprint density at radius 2 is 2.07 bits per heavy atom. The zero-order chi connectivity index (χ0) is 10.8. The fraction of sp³-hybridized carbons (Fsp3) is 0.417. The highest BCUT2D eigenvalue weighted by Gasteiger charge is 2.32. The summed E-state index contributed by atoms with van der Waals surface area (Å²) >= 11 is 1.71. The van der Waals surface area contributed by atoms with Crippen molar-refractivity contribution in [1.29, 1.82) is 0 Å². The number of halogens is 1. The Labute approximate surface area is 93.1 Å². The number of carbonyl (C=O) groups is 1. The molecule has 1 nitrogen and oxygen atoms in total. The maximum atomic E-state index is 12.7. The second-order valence-corrected chi connectivity index (χ2v) is 5.18. The summed E-state index contributed by atoms with van der Waals surface area (Å²) in [6, 6.07) is 6.26. The summed E-state index contributed by atoms with van der Waals surface area (Å²) in [5, 5.41) is 0.364. The minimum atomic E-state index is -0.249. The van der Waals surface area contributed by atoms with E-state index in [1.807, 2.05) is 0 Å². The van der Waals surface area contributed by atoms with Crippen molar-refractivity contribution in [3.05, 3.63) is 35.6 Å². The molecule has 15 heavy (non-hydrogen) atoms. The molecule has 80 valence electrons. The summed E-state index contributed by atoms with van der Waals surface area (Å²) in [6.07, 6.45) is 1.68. The van der Waals surface area contributed by atoms with Crippen LogP contribution in [0.5, 0.6) is 0 Å². The predicted molar refractivity (Wildman–Crippen MR) is 60.4 cm³/mol. The average Bonchev–Trinajstić information content (AvgIpc) is 2.61. The molecule has 2 atom stereocenters. The third kappa shape index (κ3) is 2.23. The van der Waals surface area contributed by atoms with Crippen molar-refractivity contribution in [3.63, 3.8) is 0 Å². The fourth-order valence-corrected chi connectivity index (χ4v) is 3.19. The molecule has 0 aliphatic carbocycles. The van der Waals surface area contributed by atoms with E-state index < -0.39 is 0 Å². The monoisotopic (exact) mass is 224 g/mol. The van der Waals surface area contributed by atoms with Gasteiger partial charge in [0.25, 0.3) is 0 Å². The first kappa shape index (κ1) is 10.7. The maximum absolute atomic E-state index is 12.7. The van der Waals surface area contributed by atoms with Crippen LogP contribution in [0.3, 0.4) is 0 Å². The number of hydrogen-bond donors (Lipinski definition) is 0. The normalized spacial score (nSPS) is 25.9. The van der Waals surface area contributed by atoms with Crippen molar-refractivity contribution < 1.29 is 9.18 Å². The number of Topliss-reactive ketones (excluding diaryl/α,β-unsaturated/α-hetero) is 1. The summed E-state index contributed by atoms with van der Waals surface area (Å²) in [6.45, 7) is 2.10. The number of thioether (sulfide) groups is 1. The molecule has 2 rings (SSSR count). The van der Waals surface area contributed by atoms with Crippen LogP contribution in [0, 0.1) is 5.82 Å². The molecule has 0 bridgehead atoms. The molecule has 1 aromatic carbocycles. The van der Waals surface area contributed by atoms with Gasteiger partial charge in [-0.25, -0.2) is 4.39 Å². The van der Waals surface area contributed by atoms with Crippen LogP contribution >= 0.6 is 11.8 Å².